The van der Waals surface area contributed by atoms with Crippen LogP contribution >= 0.6 is 36.2 Å². The van der Waals surface area contributed by atoms with E-state index in [0.29, 0.717) is 6.54 Å². The van der Waals surface area contributed by atoms with E-state index in [-0.39, 0.29) is 36.8 Å². The van der Waals surface area contributed by atoms with Crippen LogP contribution in [0.15, 0.2) is 11.7 Å². The van der Waals surface area contributed by atoms with E-state index in [0.717, 1.165) is 41.5 Å². The minimum absolute atomic E-state index is 0. The molecule has 122 valence electrons. The molecule has 1 aliphatic rings. The van der Waals surface area contributed by atoms with Crippen LogP contribution in [0.1, 0.15) is 35.1 Å². The lowest BCUT2D eigenvalue weighted by molar-refractivity contribution is -0.123. The first-order valence-electron chi connectivity index (χ1n) is 6.74. The Morgan fingerprint density at radius 3 is 3.05 bits per heavy atom. The fourth-order valence-corrected chi connectivity index (χ4v) is 3.05. The number of aromatic amines is 1. The maximum atomic E-state index is 12.3. The number of amides is 1. The lowest BCUT2D eigenvalue weighted by atomic mass is 10.1. The number of nitrogens with one attached hydrogen (secondary N) is 3. The maximum Gasteiger partial charge on any atom is 0.243 e. The van der Waals surface area contributed by atoms with Crippen LogP contribution in [0.3, 0.4) is 0 Å². The van der Waals surface area contributed by atoms with E-state index in [1.165, 1.54) is 0 Å². The quantitative estimate of drug-likeness (QED) is 0.772. The van der Waals surface area contributed by atoms with Gasteiger partial charge in [-0.15, -0.1) is 36.2 Å². The number of fused-ring (bicyclic) bond motifs is 1. The molecule has 6 nitrogen and oxygen atoms in total. The zero-order valence-corrected chi connectivity index (χ0v) is 14.5. The Morgan fingerprint density at radius 1 is 1.50 bits per heavy atom. The summed E-state index contributed by atoms with van der Waals surface area (Å²) in [6, 6.07) is -0.366. The molecular formula is C13H19Cl2N5OS. The number of nitrogens with zero attached hydrogens (tertiary/aromatic N) is 2. The number of aromatic nitrogens is 3. The summed E-state index contributed by atoms with van der Waals surface area (Å²) in [6.07, 6.45) is 3.45. The molecule has 0 aliphatic carbocycles. The number of thiazole rings is 1. The zero-order chi connectivity index (χ0) is 13.9. The molecule has 0 spiro atoms. The van der Waals surface area contributed by atoms with Crippen LogP contribution < -0.4 is 10.6 Å². The van der Waals surface area contributed by atoms with E-state index < -0.39 is 0 Å². The van der Waals surface area contributed by atoms with E-state index >= 15 is 0 Å². The van der Waals surface area contributed by atoms with Crippen LogP contribution in [0.4, 0.5) is 0 Å². The molecule has 22 heavy (non-hydrogen) atoms. The van der Waals surface area contributed by atoms with Gasteiger partial charge in [-0.25, -0.2) is 9.97 Å². The van der Waals surface area contributed by atoms with Gasteiger partial charge >= 0.3 is 0 Å². The molecule has 2 aromatic heterocycles. The van der Waals surface area contributed by atoms with Crippen molar-refractivity contribution in [2.45, 2.75) is 32.4 Å². The first-order valence-corrected chi connectivity index (χ1v) is 7.62. The smallest absolute Gasteiger partial charge is 0.243 e. The Morgan fingerprint density at radius 2 is 2.32 bits per heavy atom. The highest BCUT2D eigenvalue weighted by molar-refractivity contribution is 7.09. The van der Waals surface area contributed by atoms with Gasteiger partial charge in [0.15, 0.2) is 0 Å². The fourth-order valence-electron chi connectivity index (χ4n) is 2.31. The molecule has 1 amide bonds. The number of carbonyl (C=O) groups is 1. The van der Waals surface area contributed by atoms with Gasteiger partial charge < -0.3 is 15.6 Å². The highest BCUT2D eigenvalue weighted by Gasteiger charge is 2.28. The molecule has 3 rings (SSSR count). The molecular weight excluding hydrogens is 345 g/mol. The minimum atomic E-state index is -0.366. The number of imidazole rings is 1. The molecule has 0 fully saturated rings. The molecule has 2 aromatic rings. The number of rotatable bonds is 4. The summed E-state index contributed by atoms with van der Waals surface area (Å²) >= 11 is 1.63. The fraction of sp³-hybridized carbons (Fsp3) is 0.462. The minimum Gasteiger partial charge on any atom is -0.349 e. The second-order valence-electron chi connectivity index (χ2n) is 4.71. The van der Waals surface area contributed by atoms with Gasteiger partial charge in [0.25, 0.3) is 0 Å². The van der Waals surface area contributed by atoms with Crippen LogP contribution in [0.5, 0.6) is 0 Å². The summed E-state index contributed by atoms with van der Waals surface area (Å²) in [5, 5.41) is 9.22. The average Bonchev–Trinajstić information content (AvgIpc) is 3.12. The van der Waals surface area contributed by atoms with Gasteiger partial charge in [0.2, 0.25) is 5.91 Å². The zero-order valence-electron chi connectivity index (χ0n) is 12.1. The van der Waals surface area contributed by atoms with Gasteiger partial charge in [0.05, 0.1) is 29.3 Å². The largest absolute Gasteiger partial charge is 0.349 e. The lowest BCUT2D eigenvalue weighted by Crippen LogP contribution is -2.41. The van der Waals surface area contributed by atoms with Gasteiger partial charge in [-0.2, -0.15) is 0 Å². The summed E-state index contributed by atoms with van der Waals surface area (Å²) < 4.78 is 0. The van der Waals surface area contributed by atoms with Crippen molar-refractivity contribution in [1.82, 2.24) is 25.6 Å². The molecule has 3 heterocycles. The second kappa shape index (κ2) is 8.47. The van der Waals surface area contributed by atoms with Crippen LogP contribution in [0, 0.1) is 0 Å². The predicted octanol–water partition coefficient (Wildman–Crippen LogP) is 1.78. The Bertz CT molecular complexity index is 615. The highest BCUT2D eigenvalue weighted by Crippen LogP contribution is 2.19. The van der Waals surface area contributed by atoms with Crippen molar-refractivity contribution in [3.63, 3.8) is 0 Å². The van der Waals surface area contributed by atoms with Crippen molar-refractivity contribution in [3.05, 3.63) is 33.8 Å². The summed E-state index contributed by atoms with van der Waals surface area (Å²) in [7, 11) is 0. The summed E-state index contributed by atoms with van der Waals surface area (Å²) in [5.74, 6) is -0.0518. The number of H-pyrrole nitrogens is 1. The molecule has 0 saturated heterocycles. The first kappa shape index (κ1) is 18.9. The Hall–Kier alpha value is -1.15. The predicted molar refractivity (Wildman–Crippen MR) is 90.9 cm³/mol. The molecule has 9 heteroatoms. The molecule has 0 radical (unpaired) electrons. The molecule has 1 atom stereocenters. The topological polar surface area (TPSA) is 82.7 Å². The molecule has 1 unspecified atom stereocenters. The van der Waals surface area contributed by atoms with Crippen molar-refractivity contribution >= 4 is 42.1 Å². The third-order valence-electron chi connectivity index (χ3n) is 3.36. The lowest BCUT2D eigenvalue weighted by Gasteiger charge is -2.21. The van der Waals surface area contributed by atoms with Crippen molar-refractivity contribution in [1.29, 1.82) is 0 Å². The summed E-state index contributed by atoms with van der Waals surface area (Å²) in [5.41, 5.74) is 2.77. The monoisotopic (exact) mass is 363 g/mol. The van der Waals surface area contributed by atoms with Crippen LogP contribution in [-0.2, 0) is 24.2 Å². The molecule has 0 bridgehead atoms. The summed E-state index contributed by atoms with van der Waals surface area (Å²) in [6.45, 7) is 3.32. The van der Waals surface area contributed by atoms with Crippen molar-refractivity contribution < 1.29 is 4.79 Å². The molecule has 0 aromatic carbocycles. The van der Waals surface area contributed by atoms with E-state index in [1.54, 1.807) is 17.7 Å². The number of halogens is 2. The van der Waals surface area contributed by atoms with E-state index in [9.17, 15) is 4.79 Å². The molecule has 0 saturated carbocycles. The normalized spacial score (nSPS) is 16.1. The van der Waals surface area contributed by atoms with Crippen LogP contribution in [0.25, 0.3) is 0 Å². The highest BCUT2D eigenvalue weighted by atomic mass is 35.5. The summed E-state index contributed by atoms with van der Waals surface area (Å²) in [4.78, 5) is 24.0. The standard InChI is InChI=1S/C13H17N5OS.2ClH/c1-2-10-18-8(6-20-10)5-15-13(19)12-11-9(3-4-14-12)16-7-17-11;;/h6-7,12,14H,2-5H2,1H3,(H,15,19)(H,16,17);2*1H. The Balaban J connectivity index is 0.00000121. The van der Waals surface area contributed by atoms with Gasteiger partial charge in [-0.3, -0.25) is 4.79 Å². The molecule has 3 N–H and O–H groups in total. The van der Waals surface area contributed by atoms with Crippen LogP contribution in [0.2, 0.25) is 0 Å². The number of hydrogen-bond donors (Lipinski definition) is 3. The first-order chi connectivity index (χ1) is 9.78. The van der Waals surface area contributed by atoms with Crippen molar-refractivity contribution in [2.75, 3.05) is 6.54 Å². The Kier molecular flexibility index (Phi) is 7.28. The van der Waals surface area contributed by atoms with Gasteiger partial charge in [-0.1, -0.05) is 6.92 Å². The number of aryl methyl sites for hydroxylation is 1. The van der Waals surface area contributed by atoms with E-state index in [4.69, 9.17) is 0 Å². The van der Waals surface area contributed by atoms with Crippen molar-refractivity contribution in [2.24, 2.45) is 0 Å². The number of hydrogen-bond acceptors (Lipinski definition) is 5. The third-order valence-corrected chi connectivity index (χ3v) is 4.40. The second-order valence-corrected chi connectivity index (χ2v) is 5.65. The third kappa shape index (κ3) is 3.98. The number of carbonyl (C=O) groups excluding carboxylic acids is 1. The maximum absolute atomic E-state index is 12.3. The van der Waals surface area contributed by atoms with E-state index in [1.807, 2.05) is 5.38 Å². The van der Waals surface area contributed by atoms with E-state index in [2.05, 4.69) is 32.5 Å². The average molecular weight is 364 g/mol. The molecule has 1 aliphatic heterocycles. The van der Waals surface area contributed by atoms with Gasteiger partial charge in [-0.05, 0) is 6.42 Å². The van der Waals surface area contributed by atoms with Gasteiger partial charge in [0, 0.05) is 24.0 Å². The van der Waals surface area contributed by atoms with Gasteiger partial charge in [0.1, 0.15) is 6.04 Å². The van der Waals surface area contributed by atoms with Crippen LogP contribution in [-0.4, -0.2) is 27.4 Å². The Labute approximate surface area is 145 Å². The van der Waals surface area contributed by atoms with Crippen molar-refractivity contribution in [3.8, 4) is 0 Å². The SMILES string of the molecule is CCc1nc(CNC(=O)C2NCCc3[nH]cnc32)cs1.Cl.Cl.